The van der Waals surface area contributed by atoms with E-state index in [4.69, 9.17) is 5.26 Å². The van der Waals surface area contributed by atoms with Gasteiger partial charge >= 0.3 is 0 Å². The molecule has 54 valence electrons. The lowest BCUT2D eigenvalue weighted by Crippen LogP contribution is -1.60. The van der Waals surface area contributed by atoms with Crippen LogP contribution in [-0.4, -0.2) is 0 Å². The zero-order valence-electron chi connectivity index (χ0n) is 6.38. The third-order valence-corrected chi connectivity index (χ3v) is 1.05. The van der Waals surface area contributed by atoms with Gasteiger partial charge in [0.15, 0.2) is 0 Å². The Balaban J connectivity index is 3.19. The first-order valence-electron chi connectivity index (χ1n) is 3.58. The van der Waals surface area contributed by atoms with E-state index in [1.54, 1.807) is 0 Å². The maximum Gasteiger partial charge on any atom is 0.0663 e. The highest BCUT2D eigenvalue weighted by atomic mass is 14.2. The van der Waals surface area contributed by atoms with Crippen LogP contribution in [0, 0.1) is 11.3 Å². The Labute approximate surface area is 62.7 Å². The van der Waals surface area contributed by atoms with Gasteiger partial charge in [-0.3, -0.25) is 0 Å². The zero-order chi connectivity index (χ0) is 7.66. The molecular weight excluding hydrogens is 122 g/mol. The van der Waals surface area contributed by atoms with E-state index in [2.05, 4.69) is 19.1 Å². The molecule has 0 aliphatic carbocycles. The topological polar surface area (TPSA) is 23.8 Å². The Morgan fingerprint density at radius 1 is 1.20 bits per heavy atom. The van der Waals surface area contributed by atoms with Crippen LogP contribution in [0.2, 0.25) is 0 Å². The average Bonchev–Trinajstić information content (AvgIpc) is 1.97. The number of allylic oxidation sites excluding steroid dienone is 4. The van der Waals surface area contributed by atoms with Crippen LogP contribution in [0.3, 0.4) is 0 Å². The van der Waals surface area contributed by atoms with Gasteiger partial charge in [0.1, 0.15) is 0 Å². The van der Waals surface area contributed by atoms with Crippen molar-refractivity contribution in [3.05, 3.63) is 24.3 Å². The first kappa shape index (κ1) is 8.97. The highest BCUT2D eigenvalue weighted by molar-refractivity contribution is 4.95. The third kappa shape index (κ3) is 6.97. The predicted molar refractivity (Wildman–Crippen MR) is 43.4 cm³/mol. The van der Waals surface area contributed by atoms with Crippen molar-refractivity contribution in [1.82, 2.24) is 0 Å². The summed E-state index contributed by atoms with van der Waals surface area (Å²) in [6.45, 7) is 2.11. The lowest BCUT2D eigenvalue weighted by atomic mass is 10.3. The van der Waals surface area contributed by atoms with Crippen LogP contribution in [-0.2, 0) is 0 Å². The Kier molecular flexibility index (Phi) is 7.15. The summed E-state index contributed by atoms with van der Waals surface area (Å²) in [5.74, 6) is 0. The second-order valence-corrected chi connectivity index (χ2v) is 1.95. The molecule has 0 N–H and O–H groups in total. The summed E-state index contributed by atoms with van der Waals surface area (Å²) < 4.78 is 0. The highest BCUT2D eigenvalue weighted by Crippen LogP contribution is 1.89. The maximum atomic E-state index is 8.15. The van der Waals surface area contributed by atoms with Gasteiger partial charge in [0.2, 0.25) is 0 Å². The molecule has 0 bridgehead atoms. The van der Waals surface area contributed by atoms with Crippen molar-refractivity contribution in [3.8, 4) is 6.07 Å². The fraction of sp³-hybridized carbons (Fsp3) is 0.444. The number of nitrogens with zero attached hydrogens (tertiary/aromatic N) is 1. The second-order valence-electron chi connectivity index (χ2n) is 1.95. The summed E-state index contributed by atoms with van der Waals surface area (Å²) in [4.78, 5) is 0. The fourth-order valence-corrected chi connectivity index (χ4v) is 0.574. The van der Waals surface area contributed by atoms with Crippen molar-refractivity contribution in [1.29, 1.82) is 5.26 Å². The maximum absolute atomic E-state index is 8.15. The third-order valence-electron chi connectivity index (χ3n) is 1.05. The van der Waals surface area contributed by atoms with Gasteiger partial charge in [0, 0.05) is 0 Å². The molecular formula is C9H13N. The fourth-order valence-electron chi connectivity index (χ4n) is 0.574. The van der Waals surface area contributed by atoms with Gasteiger partial charge < -0.3 is 0 Å². The molecule has 0 aliphatic rings. The van der Waals surface area contributed by atoms with E-state index in [1.165, 1.54) is 0 Å². The van der Waals surface area contributed by atoms with E-state index in [1.807, 2.05) is 18.2 Å². The van der Waals surface area contributed by atoms with Crippen LogP contribution in [0.5, 0.6) is 0 Å². The van der Waals surface area contributed by atoms with Crippen molar-refractivity contribution in [2.75, 3.05) is 0 Å². The van der Waals surface area contributed by atoms with Crippen LogP contribution in [0.1, 0.15) is 26.2 Å². The molecule has 0 radical (unpaired) electrons. The molecule has 0 heterocycles. The van der Waals surface area contributed by atoms with Crippen molar-refractivity contribution in [2.45, 2.75) is 26.2 Å². The summed E-state index contributed by atoms with van der Waals surface area (Å²) in [6, 6.07) is 2.05. The number of hydrogen-bond donors (Lipinski definition) is 0. The Morgan fingerprint density at radius 2 is 1.90 bits per heavy atom. The molecule has 1 heteroatoms. The molecule has 0 rings (SSSR count). The number of nitriles is 1. The molecule has 0 aromatic rings. The SMILES string of the molecule is CC/C=C\C/C=C\CC#N. The van der Waals surface area contributed by atoms with E-state index in [9.17, 15) is 0 Å². The van der Waals surface area contributed by atoms with Crippen LogP contribution in [0.4, 0.5) is 0 Å². The van der Waals surface area contributed by atoms with Crippen LogP contribution < -0.4 is 0 Å². The van der Waals surface area contributed by atoms with Gasteiger partial charge in [-0.1, -0.05) is 31.2 Å². The molecule has 1 nitrogen and oxygen atoms in total. The minimum Gasteiger partial charge on any atom is -0.198 e. The Hall–Kier alpha value is -1.03. The molecule has 0 saturated heterocycles. The van der Waals surface area contributed by atoms with Crippen LogP contribution in [0.25, 0.3) is 0 Å². The second kappa shape index (κ2) is 7.97. The smallest absolute Gasteiger partial charge is 0.0663 e. The molecule has 0 unspecified atom stereocenters. The highest BCUT2D eigenvalue weighted by Gasteiger charge is 1.70. The van der Waals surface area contributed by atoms with Gasteiger partial charge in [0.05, 0.1) is 12.5 Å². The van der Waals surface area contributed by atoms with Gasteiger partial charge in [-0.25, -0.2) is 0 Å². The molecule has 0 atom stereocenters. The van der Waals surface area contributed by atoms with Crippen molar-refractivity contribution >= 4 is 0 Å². The largest absolute Gasteiger partial charge is 0.198 e. The Bertz CT molecular complexity index is 149. The number of hydrogen-bond acceptors (Lipinski definition) is 1. The lowest BCUT2D eigenvalue weighted by molar-refractivity contribution is 1.19. The summed E-state index contributed by atoms with van der Waals surface area (Å²) in [5, 5.41) is 8.15. The van der Waals surface area contributed by atoms with Crippen molar-refractivity contribution in [3.63, 3.8) is 0 Å². The average molecular weight is 135 g/mol. The van der Waals surface area contributed by atoms with Crippen LogP contribution in [0.15, 0.2) is 24.3 Å². The van der Waals surface area contributed by atoms with Gasteiger partial charge in [0.25, 0.3) is 0 Å². The van der Waals surface area contributed by atoms with Gasteiger partial charge in [-0.15, -0.1) is 0 Å². The summed E-state index contributed by atoms with van der Waals surface area (Å²) in [7, 11) is 0. The van der Waals surface area contributed by atoms with E-state index in [0.717, 1.165) is 12.8 Å². The monoisotopic (exact) mass is 135 g/mol. The molecule has 0 amide bonds. The summed E-state index contributed by atoms with van der Waals surface area (Å²) in [6.07, 6.45) is 10.7. The summed E-state index contributed by atoms with van der Waals surface area (Å²) >= 11 is 0. The summed E-state index contributed by atoms with van der Waals surface area (Å²) in [5.41, 5.74) is 0. The minimum atomic E-state index is 0.528. The van der Waals surface area contributed by atoms with Gasteiger partial charge in [-0.05, 0) is 12.8 Å². The lowest BCUT2D eigenvalue weighted by Gasteiger charge is -1.79. The van der Waals surface area contributed by atoms with E-state index in [0.29, 0.717) is 6.42 Å². The van der Waals surface area contributed by atoms with E-state index in [-0.39, 0.29) is 0 Å². The van der Waals surface area contributed by atoms with Crippen molar-refractivity contribution in [2.24, 2.45) is 0 Å². The quantitative estimate of drug-likeness (QED) is 0.544. The molecule has 0 aliphatic heterocycles. The Morgan fingerprint density at radius 3 is 2.50 bits per heavy atom. The molecule has 0 fully saturated rings. The first-order chi connectivity index (χ1) is 4.91. The molecule has 0 aromatic carbocycles. The van der Waals surface area contributed by atoms with Crippen LogP contribution >= 0.6 is 0 Å². The minimum absolute atomic E-state index is 0.528. The van der Waals surface area contributed by atoms with E-state index >= 15 is 0 Å². The van der Waals surface area contributed by atoms with E-state index < -0.39 is 0 Å². The molecule has 0 aromatic heterocycles. The predicted octanol–water partition coefficient (Wildman–Crippen LogP) is 2.81. The zero-order valence-corrected chi connectivity index (χ0v) is 6.38. The first-order valence-corrected chi connectivity index (χ1v) is 3.58. The standard InChI is InChI=1S/C9H13N/c1-2-3-4-5-6-7-8-9-10/h3-4,6-7H,2,5,8H2,1H3/b4-3-,7-6-. The van der Waals surface area contributed by atoms with Gasteiger partial charge in [-0.2, -0.15) is 5.26 Å². The number of rotatable bonds is 4. The molecule has 0 saturated carbocycles. The normalized spacial score (nSPS) is 10.8. The molecule has 10 heavy (non-hydrogen) atoms. The van der Waals surface area contributed by atoms with Crippen molar-refractivity contribution < 1.29 is 0 Å². The molecule has 0 spiro atoms.